The Balaban J connectivity index is 2.37. The van der Waals surface area contributed by atoms with E-state index in [9.17, 15) is 4.79 Å². The maximum atomic E-state index is 11.0. The Morgan fingerprint density at radius 2 is 2.30 bits per heavy atom. The van der Waals surface area contributed by atoms with Gasteiger partial charge in [0, 0.05) is 19.0 Å². The second-order valence-corrected chi connectivity index (χ2v) is 2.88. The van der Waals surface area contributed by atoms with Gasteiger partial charge in [-0.15, -0.1) is 0 Å². The summed E-state index contributed by atoms with van der Waals surface area (Å²) in [4.78, 5) is 11.0. The van der Waals surface area contributed by atoms with Crippen molar-refractivity contribution in [2.75, 3.05) is 7.05 Å². The Hall–Kier alpha value is -0.570. The molecule has 3 N–H and O–H groups in total. The molecule has 0 heterocycles. The molecule has 0 saturated heterocycles. The van der Waals surface area contributed by atoms with Crippen LogP contribution in [-0.2, 0) is 4.79 Å². The minimum Gasteiger partial charge on any atom is -0.359 e. The number of hydrogen-bond acceptors (Lipinski definition) is 2. The summed E-state index contributed by atoms with van der Waals surface area (Å²) in [5, 5.41) is 2.63. The molecule has 0 aliphatic heterocycles. The normalized spacial score (nSPS) is 32.2. The standard InChI is InChI=1S/C7H14N2O/c1-9-7(10)5-2-3-6(8)4-5/h5-6H,2-4,8H2,1H3,(H,9,10)/t5-,6-/m0/s1. The van der Waals surface area contributed by atoms with Crippen LogP contribution >= 0.6 is 0 Å². The lowest BCUT2D eigenvalue weighted by atomic mass is 10.1. The zero-order chi connectivity index (χ0) is 7.56. The summed E-state index contributed by atoms with van der Waals surface area (Å²) in [6.07, 6.45) is 2.82. The molecule has 1 rings (SSSR count). The maximum Gasteiger partial charge on any atom is 0.222 e. The van der Waals surface area contributed by atoms with Crippen molar-refractivity contribution in [3.8, 4) is 0 Å². The molecule has 1 fully saturated rings. The Labute approximate surface area is 61.0 Å². The summed E-state index contributed by atoms with van der Waals surface area (Å²) in [6.45, 7) is 0. The van der Waals surface area contributed by atoms with Crippen LogP contribution < -0.4 is 11.1 Å². The van der Waals surface area contributed by atoms with E-state index in [1.807, 2.05) is 0 Å². The molecule has 0 bridgehead atoms. The van der Waals surface area contributed by atoms with E-state index in [0.29, 0.717) is 0 Å². The second-order valence-electron chi connectivity index (χ2n) is 2.88. The van der Waals surface area contributed by atoms with E-state index < -0.39 is 0 Å². The first-order valence-corrected chi connectivity index (χ1v) is 3.71. The van der Waals surface area contributed by atoms with Gasteiger partial charge in [-0.25, -0.2) is 0 Å². The van der Waals surface area contributed by atoms with Gasteiger partial charge in [0.25, 0.3) is 0 Å². The molecular formula is C7H14N2O. The smallest absolute Gasteiger partial charge is 0.222 e. The zero-order valence-electron chi connectivity index (χ0n) is 6.26. The van der Waals surface area contributed by atoms with E-state index in [4.69, 9.17) is 5.73 Å². The Bertz CT molecular complexity index is 136. The highest BCUT2D eigenvalue weighted by molar-refractivity contribution is 5.78. The average Bonchev–Trinajstić information content (AvgIpc) is 2.34. The number of rotatable bonds is 1. The minimum atomic E-state index is 0.146. The van der Waals surface area contributed by atoms with Crippen molar-refractivity contribution in [2.45, 2.75) is 25.3 Å². The van der Waals surface area contributed by atoms with Crippen molar-refractivity contribution < 1.29 is 4.79 Å². The van der Waals surface area contributed by atoms with Crippen molar-refractivity contribution in [1.82, 2.24) is 5.32 Å². The highest BCUT2D eigenvalue weighted by Crippen LogP contribution is 2.23. The summed E-state index contributed by atoms with van der Waals surface area (Å²) in [7, 11) is 1.67. The molecular weight excluding hydrogens is 128 g/mol. The molecule has 3 nitrogen and oxygen atoms in total. The first kappa shape index (κ1) is 7.54. The van der Waals surface area contributed by atoms with Gasteiger partial charge in [0.1, 0.15) is 0 Å². The van der Waals surface area contributed by atoms with Crippen molar-refractivity contribution >= 4 is 5.91 Å². The number of nitrogens with one attached hydrogen (secondary N) is 1. The number of carbonyl (C=O) groups is 1. The fourth-order valence-electron chi connectivity index (χ4n) is 1.46. The van der Waals surface area contributed by atoms with Crippen LogP contribution in [0.2, 0.25) is 0 Å². The fraction of sp³-hybridized carbons (Fsp3) is 0.857. The minimum absolute atomic E-state index is 0.146. The molecule has 3 heteroatoms. The predicted molar refractivity (Wildman–Crippen MR) is 39.4 cm³/mol. The molecule has 2 atom stereocenters. The average molecular weight is 142 g/mol. The highest BCUT2D eigenvalue weighted by Gasteiger charge is 2.26. The third-order valence-electron chi connectivity index (χ3n) is 2.09. The first-order chi connectivity index (χ1) is 4.74. The van der Waals surface area contributed by atoms with Gasteiger partial charge in [0.15, 0.2) is 0 Å². The van der Waals surface area contributed by atoms with E-state index in [1.54, 1.807) is 7.05 Å². The van der Waals surface area contributed by atoms with Crippen LogP contribution in [0.15, 0.2) is 0 Å². The number of hydrogen-bond donors (Lipinski definition) is 2. The predicted octanol–water partition coefficient (Wildman–Crippen LogP) is -0.140. The Morgan fingerprint density at radius 1 is 1.60 bits per heavy atom. The summed E-state index contributed by atoms with van der Waals surface area (Å²) < 4.78 is 0. The van der Waals surface area contributed by atoms with Crippen molar-refractivity contribution in [3.05, 3.63) is 0 Å². The lowest BCUT2D eigenvalue weighted by Gasteiger charge is -2.05. The molecule has 1 saturated carbocycles. The first-order valence-electron chi connectivity index (χ1n) is 3.71. The molecule has 0 aromatic heterocycles. The van der Waals surface area contributed by atoms with Crippen LogP contribution in [0.25, 0.3) is 0 Å². The van der Waals surface area contributed by atoms with Crippen LogP contribution in [0.4, 0.5) is 0 Å². The quantitative estimate of drug-likeness (QED) is 0.535. The van der Waals surface area contributed by atoms with Gasteiger partial charge in [-0.1, -0.05) is 0 Å². The van der Waals surface area contributed by atoms with Gasteiger partial charge < -0.3 is 11.1 Å². The van der Waals surface area contributed by atoms with Crippen molar-refractivity contribution in [2.24, 2.45) is 11.7 Å². The van der Waals surface area contributed by atoms with Crippen LogP contribution in [-0.4, -0.2) is 19.0 Å². The highest BCUT2D eigenvalue weighted by atomic mass is 16.1. The molecule has 0 aromatic carbocycles. The van der Waals surface area contributed by atoms with E-state index in [-0.39, 0.29) is 17.9 Å². The van der Waals surface area contributed by atoms with Crippen molar-refractivity contribution in [1.29, 1.82) is 0 Å². The van der Waals surface area contributed by atoms with Gasteiger partial charge >= 0.3 is 0 Å². The maximum absolute atomic E-state index is 11.0. The number of amides is 1. The van der Waals surface area contributed by atoms with Crippen molar-refractivity contribution in [3.63, 3.8) is 0 Å². The number of carbonyl (C=O) groups excluding carboxylic acids is 1. The van der Waals surface area contributed by atoms with Crippen LogP contribution in [0, 0.1) is 5.92 Å². The topological polar surface area (TPSA) is 55.1 Å². The lowest BCUT2D eigenvalue weighted by Crippen LogP contribution is -2.26. The fourth-order valence-corrected chi connectivity index (χ4v) is 1.46. The largest absolute Gasteiger partial charge is 0.359 e. The molecule has 0 aromatic rings. The summed E-state index contributed by atoms with van der Waals surface area (Å²) in [5.41, 5.74) is 5.64. The molecule has 0 spiro atoms. The summed E-state index contributed by atoms with van der Waals surface area (Å²) in [5.74, 6) is 0.327. The molecule has 1 amide bonds. The Kier molecular flexibility index (Phi) is 2.27. The van der Waals surface area contributed by atoms with E-state index >= 15 is 0 Å². The van der Waals surface area contributed by atoms with E-state index in [0.717, 1.165) is 19.3 Å². The lowest BCUT2D eigenvalue weighted by molar-refractivity contribution is -0.124. The van der Waals surface area contributed by atoms with Crippen LogP contribution in [0.5, 0.6) is 0 Å². The van der Waals surface area contributed by atoms with Crippen LogP contribution in [0.1, 0.15) is 19.3 Å². The third-order valence-corrected chi connectivity index (χ3v) is 2.09. The zero-order valence-corrected chi connectivity index (χ0v) is 6.26. The van der Waals surface area contributed by atoms with Gasteiger partial charge in [-0.3, -0.25) is 4.79 Å². The molecule has 1 aliphatic carbocycles. The van der Waals surface area contributed by atoms with Gasteiger partial charge in [0.05, 0.1) is 0 Å². The molecule has 10 heavy (non-hydrogen) atoms. The van der Waals surface area contributed by atoms with Gasteiger partial charge in [0.2, 0.25) is 5.91 Å². The molecule has 1 aliphatic rings. The number of nitrogens with two attached hydrogens (primary N) is 1. The Morgan fingerprint density at radius 3 is 2.70 bits per heavy atom. The van der Waals surface area contributed by atoms with Gasteiger partial charge in [-0.2, -0.15) is 0 Å². The monoisotopic (exact) mass is 142 g/mol. The van der Waals surface area contributed by atoms with Crippen LogP contribution in [0.3, 0.4) is 0 Å². The SMILES string of the molecule is CNC(=O)[C@H]1CC[C@H](N)C1. The molecule has 0 unspecified atom stereocenters. The van der Waals surface area contributed by atoms with E-state index in [1.165, 1.54) is 0 Å². The molecule has 0 radical (unpaired) electrons. The summed E-state index contributed by atoms with van der Waals surface area (Å²) in [6, 6.07) is 0.252. The second kappa shape index (κ2) is 3.01. The molecule has 58 valence electrons. The summed E-state index contributed by atoms with van der Waals surface area (Å²) >= 11 is 0. The van der Waals surface area contributed by atoms with Gasteiger partial charge in [-0.05, 0) is 19.3 Å². The third kappa shape index (κ3) is 1.48. The van der Waals surface area contributed by atoms with E-state index in [2.05, 4.69) is 5.32 Å².